The van der Waals surface area contributed by atoms with Gasteiger partial charge in [0.05, 0.1) is 7.11 Å². The van der Waals surface area contributed by atoms with Crippen LogP contribution in [-0.2, 0) is 14.3 Å². The summed E-state index contributed by atoms with van der Waals surface area (Å²) in [6.07, 6.45) is 6.63. The molecular formula is C16H17IO3. The number of carbonyl (C=O) groups is 2. The molecule has 0 fully saturated rings. The lowest BCUT2D eigenvalue weighted by molar-refractivity contribution is -0.133. The summed E-state index contributed by atoms with van der Waals surface area (Å²) in [6, 6.07) is 9.69. The number of ketones is 1. The standard InChI is InChI=1S/C16H17IO3/c1-20-16(19)15(17-13-9-3-2-4-10-13)14(18)11-12-7-5-6-8-12/h2-5,7,9-10,12H,6,8,11H2,1H3. The number of esters is 1. The maximum absolute atomic E-state index is 12.4. The van der Waals surface area contributed by atoms with Gasteiger partial charge in [0.15, 0.2) is 5.78 Å². The van der Waals surface area contributed by atoms with Crippen LogP contribution in [-0.4, -0.2) is 22.4 Å². The third-order valence-electron chi connectivity index (χ3n) is 3.11. The van der Waals surface area contributed by atoms with E-state index in [9.17, 15) is 9.59 Å². The van der Waals surface area contributed by atoms with E-state index >= 15 is 0 Å². The molecule has 0 saturated carbocycles. The van der Waals surface area contributed by atoms with E-state index in [1.807, 2.05) is 30.3 Å². The smallest absolute Gasteiger partial charge is 0.347 e. The summed E-state index contributed by atoms with van der Waals surface area (Å²) in [5, 5.41) is 0. The van der Waals surface area contributed by atoms with Gasteiger partial charge in [-0.3, -0.25) is 4.79 Å². The molecule has 1 aliphatic rings. The largest absolute Gasteiger partial charge is 0.465 e. The molecule has 1 aliphatic carbocycles. The van der Waals surface area contributed by atoms with Gasteiger partial charge in [-0.1, -0.05) is 51.1 Å². The molecule has 1 unspecified atom stereocenters. The van der Waals surface area contributed by atoms with Crippen LogP contribution in [0.15, 0.2) is 42.5 Å². The molecule has 4 heteroatoms. The number of benzene rings is 1. The molecule has 0 radical (unpaired) electrons. The highest BCUT2D eigenvalue weighted by atomic mass is 127. The Balaban J connectivity index is 2.19. The summed E-state index contributed by atoms with van der Waals surface area (Å²) in [5.74, 6) is -0.236. The number of rotatable bonds is 5. The van der Waals surface area contributed by atoms with Crippen molar-refractivity contribution >= 4 is 36.0 Å². The zero-order valence-corrected chi connectivity index (χ0v) is 13.5. The van der Waals surface area contributed by atoms with Crippen molar-refractivity contribution in [1.29, 1.82) is 0 Å². The molecule has 0 N–H and O–H groups in total. The molecule has 0 aliphatic heterocycles. The van der Waals surface area contributed by atoms with E-state index in [1.165, 1.54) is 7.11 Å². The third kappa shape index (κ3) is 4.10. The SMILES string of the molecule is COC(=O)C(=Ic1ccccc1)C(=O)CC1C=CCC1. The predicted octanol–water partition coefficient (Wildman–Crippen LogP) is 3.10. The van der Waals surface area contributed by atoms with E-state index in [4.69, 9.17) is 4.74 Å². The number of hydrogen-bond acceptors (Lipinski definition) is 3. The highest BCUT2D eigenvalue weighted by molar-refractivity contribution is 14.2. The van der Waals surface area contributed by atoms with Crippen molar-refractivity contribution in [1.82, 2.24) is 0 Å². The fourth-order valence-corrected chi connectivity index (χ4v) is 4.43. The number of hydrogen-bond donors (Lipinski definition) is 0. The minimum atomic E-state index is -0.780. The van der Waals surface area contributed by atoms with E-state index < -0.39 is 26.7 Å². The summed E-state index contributed by atoms with van der Waals surface area (Å²) < 4.78 is 6.20. The van der Waals surface area contributed by atoms with E-state index in [0.29, 0.717) is 9.93 Å². The maximum atomic E-state index is 12.4. The van der Waals surface area contributed by atoms with Crippen LogP contribution < -0.4 is 0 Å². The monoisotopic (exact) mass is 384 g/mol. The van der Waals surface area contributed by atoms with Crippen molar-refractivity contribution in [2.75, 3.05) is 7.11 Å². The Morgan fingerprint density at radius 3 is 2.65 bits per heavy atom. The average Bonchev–Trinajstić information content (AvgIpc) is 2.98. The van der Waals surface area contributed by atoms with Crippen LogP contribution in [0.4, 0.5) is 0 Å². The Morgan fingerprint density at radius 2 is 2.05 bits per heavy atom. The van der Waals surface area contributed by atoms with Gasteiger partial charge in [0.2, 0.25) is 0 Å². The highest BCUT2D eigenvalue weighted by Crippen LogP contribution is 2.23. The first-order chi connectivity index (χ1) is 9.70. The van der Waals surface area contributed by atoms with Gasteiger partial charge in [-0.05, 0) is 30.9 Å². The number of methoxy groups -OCH3 is 1. The van der Waals surface area contributed by atoms with Crippen LogP contribution in [0.3, 0.4) is 0 Å². The predicted molar refractivity (Wildman–Crippen MR) is 87.7 cm³/mol. The molecule has 0 aromatic heterocycles. The van der Waals surface area contributed by atoms with Gasteiger partial charge in [-0.25, -0.2) is 4.79 Å². The number of allylic oxidation sites excluding steroid dienone is 2. The van der Waals surface area contributed by atoms with Crippen LogP contribution >= 0.6 is 20.7 Å². The third-order valence-corrected chi connectivity index (χ3v) is 6.03. The lowest BCUT2D eigenvalue weighted by atomic mass is 10.0. The number of Topliss-reactive ketones (excluding diaryl/α,β-unsaturated/α-hetero) is 1. The van der Waals surface area contributed by atoms with Crippen LogP contribution in [0.2, 0.25) is 0 Å². The number of ether oxygens (including phenoxy) is 1. The fourth-order valence-electron chi connectivity index (χ4n) is 2.07. The Bertz CT molecular complexity index is 546. The van der Waals surface area contributed by atoms with Crippen molar-refractivity contribution < 1.29 is 14.3 Å². The highest BCUT2D eigenvalue weighted by Gasteiger charge is 2.23. The molecule has 0 bridgehead atoms. The summed E-state index contributed by atoms with van der Waals surface area (Å²) in [5.41, 5.74) is 0. The second-order valence-corrected chi connectivity index (χ2v) is 7.45. The van der Waals surface area contributed by atoms with Crippen molar-refractivity contribution in [2.24, 2.45) is 5.92 Å². The van der Waals surface area contributed by atoms with Gasteiger partial charge in [-0.2, -0.15) is 0 Å². The van der Waals surface area contributed by atoms with Gasteiger partial charge >= 0.3 is 5.97 Å². The summed E-state index contributed by atoms with van der Waals surface area (Å²) in [4.78, 5) is 24.2. The van der Waals surface area contributed by atoms with Gasteiger partial charge in [0, 0.05) is 9.99 Å². The Morgan fingerprint density at radius 1 is 1.30 bits per heavy atom. The molecule has 3 nitrogen and oxygen atoms in total. The first kappa shape index (κ1) is 15.1. The Kier molecular flexibility index (Phi) is 5.64. The van der Waals surface area contributed by atoms with Crippen molar-refractivity contribution in [3.63, 3.8) is 0 Å². The van der Waals surface area contributed by atoms with Crippen LogP contribution in [0, 0.1) is 9.49 Å². The first-order valence-corrected chi connectivity index (χ1v) is 8.71. The Hall–Kier alpha value is -1.30. The quantitative estimate of drug-likeness (QED) is 0.339. The zero-order chi connectivity index (χ0) is 14.4. The Labute approximate surface area is 128 Å². The zero-order valence-electron chi connectivity index (χ0n) is 11.3. The van der Waals surface area contributed by atoms with Gasteiger partial charge in [0.1, 0.15) is 3.51 Å². The molecule has 0 saturated heterocycles. The van der Waals surface area contributed by atoms with Gasteiger partial charge in [-0.15, -0.1) is 0 Å². The molecule has 1 aromatic rings. The average molecular weight is 384 g/mol. The van der Waals surface area contributed by atoms with Crippen molar-refractivity contribution in [3.05, 3.63) is 46.1 Å². The fraction of sp³-hybridized carbons (Fsp3) is 0.312. The summed E-state index contributed by atoms with van der Waals surface area (Å²) in [7, 11) is 1.33. The molecule has 0 heterocycles. The molecule has 0 spiro atoms. The van der Waals surface area contributed by atoms with Crippen LogP contribution in [0.5, 0.6) is 0 Å². The molecule has 1 atom stereocenters. The second kappa shape index (κ2) is 7.47. The molecule has 106 valence electrons. The van der Waals surface area contributed by atoms with Crippen molar-refractivity contribution in [2.45, 2.75) is 19.3 Å². The molecule has 1 aromatic carbocycles. The topological polar surface area (TPSA) is 43.4 Å². The summed E-state index contributed by atoms with van der Waals surface area (Å²) in [6.45, 7) is 0. The lowest BCUT2D eigenvalue weighted by Gasteiger charge is -2.08. The molecule has 0 amide bonds. The summed E-state index contributed by atoms with van der Waals surface area (Å²) >= 11 is -0.780. The molecule has 20 heavy (non-hydrogen) atoms. The number of halogens is 1. The molecular weight excluding hydrogens is 367 g/mol. The first-order valence-electron chi connectivity index (χ1n) is 6.55. The lowest BCUT2D eigenvalue weighted by Crippen LogP contribution is -2.25. The second-order valence-electron chi connectivity index (χ2n) is 4.59. The van der Waals surface area contributed by atoms with E-state index in [0.717, 1.165) is 16.4 Å². The van der Waals surface area contributed by atoms with Crippen LogP contribution in [0.1, 0.15) is 19.3 Å². The minimum Gasteiger partial charge on any atom is -0.465 e. The maximum Gasteiger partial charge on any atom is 0.347 e. The minimum absolute atomic E-state index is 0.0509. The van der Waals surface area contributed by atoms with E-state index in [2.05, 4.69) is 12.2 Å². The normalized spacial score (nSPS) is 18.4. The van der Waals surface area contributed by atoms with Gasteiger partial charge < -0.3 is 4.74 Å². The van der Waals surface area contributed by atoms with Crippen LogP contribution in [0.25, 0.3) is 0 Å². The van der Waals surface area contributed by atoms with E-state index in [-0.39, 0.29) is 11.7 Å². The van der Waals surface area contributed by atoms with Gasteiger partial charge in [0.25, 0.3) is 0 Å². The van der Waals surface area contributed by atoms with Crippen molar-refractivity contribution in [3.8, 4) is 0 Å². The molecule has 2 rings (SSSR count). The number of carbonyl (C=O) groups excluding carboxylic acids is 2. The van der Waals surface area contributed by atoms with E-state index in [1.54, 1.807) is 0 Å².